The third kappa shape index (κ3) is 4.59. The number of ether oxygens (including phenoxy) is 1. The predicted octanol–water partition coefficient (Wildman–Crippen LogP) is 3.28. The smallest absolute Gasteiger partial charge is 0.138 e. The summed E-state index contributed by atoms with van der Waals surface area (Å²) in [6.07, 6.45) is -1.21. The second kappa shape index (κ2) is 9.30. The summed E-state index contributed by atoms with van der Waals surface area (Å²) >= 11 is 6.46. The van der Waals surface area contributed by atoms with Gasteiger partial charge in [-0.1, -0.05) is 48.9 Å². The molecule has 0 bridgehead atoms. The van der Waals surface area contributed by atoms with Gasteiger partial charge in [0.2, 0.25) is 0 Å². The second-order valence-corrected chi connectivity index (χ2v) is 7.63. The van der Waals surface area contributed by atoms with Crippen molar-refractivity contribution in [3.63, 3.8) is 0 Å². The maximum Gasteiger partial charge on any atom is 0.138 e. The molecule has 0 spiro atoms. The van der Waals surface area contributed by atoms with Gasteiger partial charge in [0.1, 0.15) is 18.4 Å². The van der Waals surface area contributed by atoms with Gasteiger partial charge in [-0.05, 0) is 54.1 Å². The third-order valence-electron chi connectivity index (χ3n) is 5.49. The lowest BCUT2D eigenvalue weighted by Crippen LogP contribution is -2.35. The average molecular weight is 402 g/mol. The highest BCUT2D eigenvalue weighted by Crippen LogP contribution is 2.50. The van der Waals surface area contributed by atoms with Gasteiger partial charge in [0.05, 0.1) is 5.02 Å². The summed E-state index contributed by atoms with van der Waals surface area (Å²) in [6.45, 7) is 7.16. The van der Waals surface area contributed by atoms with Crippen molar-refractivity contribution in [3.8, 4) is 5.75 Å². The zero-order valence-electron chi connectivity index (χ0n) is 16.2. The van der Waals surface area contributed by atoms with Gasteiger partial charge in [-0.3, -0.25) is 0 Å². The number of amides is 1. The average Bonchev–Trinajstić information content (AvgIpc) is 3.25. The lowest BCUT2D eigenvalue weighted by molar-refractivity contribution is -0.250. The van der Waals surface area contributed by atoms with Crippen molar-refractivity contribution in [1.29, 1.82) is 0 Å². The van der Waals surface area contributed by atoms with E-state index >= 15 is 0 Å². The summed E-state index contributed by atoms with van der Waals surface area (Å²) in [5.41, 5.74) is 4.00. The van der Waals surface area contributed by atoms with E-state index in [1.807, 2.05) is 23.5 Å². The molecule has 2 N–H and O–H groups in total. The molecule has 1 aliphatic heterocycles. The van der Waals surface area contributed by atoms with Crippen LogP contribution in [0.25, 0.3) is 0 Å². The summed E-state index contributed by atoms with van der Waals surface area (Å²) in [7, 11) is 0. The molecule has 0 saturated carbocycles. The van der Waals surface area contributed by atoms with E-state index in [0.29, 0.717) is 30.9 Å². The van der Waals surface area contributed by atoms with Crippen LogP contribution in [0.2, 0.25) is 5.02 Å². The van der Waals surface area contributed by atoms with Gasteiger partial charge in [-0.2, -0.15) is 0 Å². The number of rotatable bonds is 4. The van der Waals surface area contributed by atoms with Crippen molar-refractivity contribution in [2.75, 3.05) is 19.6 Å². The third-order valence-corrected chi connectivity index (χ3v) is 5.78. The molecule has 0 radical (unpaired) electrons. The Kier molecular flexibility index (Phi) is 6.81. The highest BCUT2D eigenvalue weighted by atomic mass is 35.5. The van der Waals surface area contributed by atoms with E-state index in [0.717, 1.165) is 29.4 Å². The molecule has 28 heavy (non-hydrogen) atoms. The fraction of sp³-hybridized carbons (Fsp3) is 0.409. The lowest BCUT2D eigenvalue weighted by Gasteiger charge is -2.14. The van der Waals surface area contributed by atoms with Gasteiger partial charge >= 0.3 is 0 Å². The number of benzene rings is 2. The molecule has 150 valence electrons. The first-order valence-electron chi connectivity index (χ1n) is 9.66. The van der Waals surface area contributed by atoms with Crippen LogP contribution in [0.3, 0.4) is 0 Å². The number of fused-ring (bicyclic) bond motifs is 3. The topological polar surface area (TPSA) is 73.4 Å². The van der Waals surface area contributed by atoms with E-state index in [1.54, 1.807) is 6.92 Å². The van der Waals surface area contributed by atoms with E-state index < -0.39 is 6.09 Å². The Morgan fingerprint density at radius 3 is 2.64 bits per heavy atom. The van der Waals surface area contributed by atoms with Crippen molar-refractivity contribution in [1.82, 2.24) is 10.6 Å². The number of nitrogens with one attached hydrogen (secondary N) is 2. The maximum absolute atomic E-state index is 9.38. The maximum atomic E-state index is 9.38. The number of carboxylic acid groups (broad SMARTS) is 1. The zero-order valence-corrected chi connectivity index (χ0v) is 17.0. The molecule has 6 heteroatoms. The second-order valence-electron chi connectivity index (χ2n) is 7.22. The van der Waals surface area contributed by atoms with Crippen LogP contribution in [-0.2, 0) is 6.61 Å². The number of halogens is 1. The quantitative estimate of drug-likeness (QED) is 0.824. The number of hydrogen-bond donors (Lipinski definition) is 2. The molecule has 0 aromatic heterocycles. The number of hydrogen-bond acceptors (Lipinski definition) is 4. The van der Waals surface area contributed by atoms with E-state index in [4.69, 9.17) is 16.3 Å². The highest BCUT2D eigenvalue weighted by molar-refractivity contribution is 6.32. The van der Waals surface area contributed by atoms with Crippen LogP contribution in [0.15, 0.2) is 42.5 Å². The first kappa shape index (κ1) is 20.5. The molecule has 3 unspecified atom stereocenters. The first-order valence-corrected chi connectivity index (χ1v) is 10.0. The minimum atomic E-state index is -1.21. The number of carbonyl (C=O) groups excluding carboxylic acids is 1. The zero-order chi connectivity index (χ0) is 20.1. The Morgan fingerprint density at radius 1 is 1.25 bits per heavy atom. The van der Waals surface area contributed by atoms with Gasteiger partial charge in [-0.15, -0.1) is 0 Å². The first-order chi connectivity index (χ1) is 13.5. The van der Waals surface area contributed by atoms with Gasteiger partial charge in [0.15, 0.2) is 0 Å². The van der Waals surface area contributed by atoms with Crippen LogP contribution in [0.4, 0.5) is 4.79 Å². The monoisotopic (exact) mass is 401 g/mol. The fourth-order valence-corrected chi connectivity index (χ4v) is 4.31. The van der Waals surface area contributed by atoms with Crippen LogP contribution >= 0.6 is 11.6 Å². The summed E-state index contributed by atoms with van der Waals surface area (Å²) in [4.78, 5) is 9.38. The van der Waals surface area contributed by atoms with E-state index in [1.165, 1.54) is 11.1 Å². The Morgan fingerprint density at radius 2 is 2.00 bits per heavy atom. The summed E-state index contributed by atoms with van der Waals surface area (Å²) in [5.74, 6) is 2.71. The summed E-state index contributed by atoms with van der Waals surface area (Å²) < 4.78 is 5.98. The molecule has 4 rings (SSSR count). The van der Waals surface area contributed by atoms with Crippen molar-refractivity contribution >= 4 is 17.7 Å². The van der Waals surface area contributed by atoms with E-state index in [9.17, 15) is 9.90 Å². The standard InChI is InChI=1S/C19H20ClNO.C3H7NO2/c1-12-14-7-18(20)19(22-11-13-5-3-2-4-6-13)8-15(14)17-10-21-9-16(12)17;1-2-4-3(5)6/h2-8,12,16-17,21H,9-11H2,1H3;4H,2H2,1H3,(H,5,6)/p-1. The highest BCUT2D eigenvalue weighted by Gasteiger charge is 2.41. The summed E-state index contributed by atoms with van der Waals surface area (Å²) in [5, 5.41) is 15.6. The molecule has 1 saturated heterocycles. The molecule has 2 aromatic carbocycles. The molecule has 3 atom stereocenters. The van der Waals surface area contributed by atoms with Crippen LogP contribution in [0, 0.1) is 5.92 Å². The molecule has 1 fully saturated rings. The van der Waals surface area contributed by atoms with E-state index in [-0.39, 0.29) is 0 Å². The van der Waals surface area contributed by atoms with Crippen molar-refractivity contribution in [2.45, 2.75) is 32.3 Å². The fourth-order valence-electron chi connectivity index (χ4n) is 4.09. The van der Waals surface area contributed by atoms with Gasteiger partial charge in [0, 0.05) is 19.0 Å². The molecule has 2 aliphatic rings. The molecule has 2 aromatic rings. The molecular weight excluding hydrogens is 376 g/mol. The molecule has 5 nitrogen and oxygen atoms in total. The van der Waals surface area contributed by atoms with Crippen molar-refractivity contribution < 1.29 is 14.6 Å². The molecule has 1 amide bonds. The SMILES string of the molecule is CC1c2cc(Cl)c(OCc3ccccc3)cc2C2CNCC12.CCNC(=O)[O-]. The van der Waals surface area contributed by atoms with Gasteiger partial charge < -0.3 is 25.3 Å². The minimum absolute atomic E-state index is 0.419. The van der Waals surface area contributed by atoms with Crippen LogP contribution in [0.5, 0.6) is 5.75 Å². The Bertz CT molecular complexity index is 813. The van der Waals surface area contributed by atoms with Crippen LogP contribution in [0.1, 0.15) is 42.4 Å². The molecular formula is C22H26ClN2O3-. The molecule has 1 heterocycles. The minimum Gasteiger partial charge on any atom is -0.530 e. The Hall–Kier alpha value is -2.24. The predicted molar refractivity (Wildman–Crippen MR) is 109 cm³/mol. The van der Waals surface area contributed by atoms with Crippen LogP contribution < -0.4 is 20.5 Å². The Balaban J connectivity index is 0.000000330. The Labute approximate surface area is 171 Å². The van der Waals surface area contributed by atoms with Crippen molar-refractivity contribution in [3.05, 3.63) is 64.2 Å². The van der Waals surface area contributed by atoms with E-state index in [2.05, 4.69) is 36.5 Å². The molecule has 1 aliphatic carbocycles. The van der Waals surface area contributed by atoms with Crippen LogP contribution in [-0.4, -0.2) is 25.7 Å². The summed E-state index contributed by atoms with van der Waals surface area (Å²) in [6, 6.07) is 14.5. The normalized spacial score (nSPS) is 21.9. The van der Waals surface area contributed by atoms with Gasteiger partial charge in [-0.25, -0.2) is 0 Å². The largest absolute Gasteiger partial charge is 0.530 e. The van der Waals surface area contributed by atoms with Crippen molar-refractivity contribution in [2.24, 2.45) is 5.92 Å². The van der Waals surface area contributed by atoms with Gasteiger partial charge in [0.25, 0.3) is 0 Å². The number of carbonyl (C=O) groups is 1. The lowest BCUT2D eigenvalue weighted by atomic mass is 9.91.